The summed E-state index contributed by atoms with van der Waals surface area (Å²) in [6.07, 6.45) is -1.42. The summed E-state index contributed by atoms with van der Waals surface area (Å²) in [6, 6.07) is 0. The zero-order valence-corrected chi connectivity index (χ0v) is 6.51. The standard InChI is InChI=1S/C7H11NO4/c9-5-2-8(7(10)11)1-4(5)6-3-12-6/h4-6,9H,1-3H2,(H,10,11)/t4-,5+,6+/m1/s1. The van der Waals surface area contributed by atoms with Crippen molar-refractivity contribution in [2.24, 2.45) is 5.92 Å². The van der Waals surface area contributed by atoms with Gasteiger partial charge in [-0.05, 0) is 0 Å². The van der Waals surface area contributed by atoms with Crippen molar-refractivity contribution in [2.75, 3.05) is 19.7 Å². The molecular formula is C7H11NO4. The SMILES string of the molecule is O=C(O)N1C[C@@H]([C@@H]2CO2)[C@@H](O)C1. The number of carbonyl (C=O) groups is 1. The van der Waals surface area contributed by atoms with Gasteiger partial charge in [-0.25, -0.2) is 4.79 Å². The van der Waals surface area contributed by atoms with E-state index >= 15 is 0 Å². The van der Waals surface area contributed by atoms with Gasteiger partial charge in [0.1, 0.15) is 0 Å². The first-order chi connectivity index (χ1) is 5.68. The number of carboxylic acid groups (broad SMARTS) is 1. The maximum absolute atomic E-state index is 10.5. The van der Waals surface area contributed by atoms with E-state index in [1.54, 1.807) is 0 Å². The number of rotatable bonds is 1. The number of β-amino-alcohol motifs (C(OH)–C–C–N with tert-alkyl or cyclic N) is 1. The molecule has 2 aliphatic heterocycles. The first kappa shape index (κ1) is 7.82. The lowest BCUT2D eigenvalue weighted by Gasteiger charge is -2.09. The van der Waals surface area contributed by atoms with Crippen molar-refractivity contribution >= 4 is 6.09 Å². The summed E-state index contributed by atoms with van der Waals surface area (Å²) in [4.78, 5) is 11.7. The number of likely N-dealkylation sites (tertiary alicyclic amines) is 1. The number of hydrogen-bond donors (Lipinski definition) is 2. The Hall–Kier alpha value is -0.810. The van der Waals surface area contributed by atoms with Gasteiger partial charge in [0.05, 0.1) is 25.4 Å². The fourth-order valence-corrected chi connectivity index (χ4v) is 1.64. The molecule has 0 saturated carbocycles. The molecule has 2 saturated heterocycles. The highest BCUT2D eigenvalue weighted by molar-refractivity contribution is 5.65. The van der Waals surface area contributed by atoms with E-state index in [-0.39, 0.29) is 18.6 Å². The molecule has 2 N–H and O–H groups in total. The second kappa shape index (κ2) is 2.60. The first-order valence-electron chi connectivity index (χ1n) is 3.96. The van der Waals surface area contributed by atoms with Gasteiger partial charge in [-0.15, -0.1) is 0 Å². The van der Waals surface area contributed by atoms with Gasteiger partial charge >= 0.3 is 6.09 Å². The summed E-state index contributed by atoms with van der Waals surface area (Å²) in [7, 11) is 0. The van der Waals surface area contributed by atoms with Crippen molar-refractivity contribution in [2.45, 2.75) is 12.2 Å². The van der Waals surface area contributed by atoms with Crippen LogP contribution in [0.25, 0.3) is 0 Å². The van der Waals surface area contributed by atoms with Crippen LogP contribution >= 0.6 is 0 Å². The van der Waals surface area contributed by atoms with Crippen molar-refractivity contribution in [1.29, 1.82) is 0 Å². The molecule has 68 valence electrons. The lowest BCUT2D eigenvalue weighted by atomic mass is 10.0. The zero-order chi connectivity index (χ0) is 8.72. The average Bonchev–Trinajstić information content (AvgIpc) is 2.75. The molecule has 0 radical (unpaired) electrons. The molecule has 3 atom stereocenters. The van der Waals surface area contributed by atoms with E-state index in [1.807, 2.05) is 0 Å². The lowest BCUT2D eigenvalue weighted by Crippen LogP contribution is -2.27. The van der Waals surface area contributed by atoms with Crippen molar-refractivity contribution in [3.63, 3.8) is 0 Å². The summed E-state index contributed by atoms with van der Waals surface area (Å²) in [5.74, 6) is -0.0129. The number of aliphatic hydroxyl groups is 1. The van der Waals surface area contributed by atoms with Crippen molar-refractivity contribution in [3.05, 3.63) is 0 Å². The van der Waals surface area contributed by atoms with E-state index in [4.69, 9.17) is 9.84 Å². The second-order valence-corrected chi connectivity index (χ2v) is 3.29. The topological polar surface area (TPSA) is 73.3 Å². The molecule has 2 fully saturated rings. The first-order valence-corrected chi connectivity index (χ1v) is 3.96. The summed E-state index contributed by atoms with van der Waals surface area (Å²) in [6.45, 7) is 1.29. The van der Waals surface area contributed by atoms with Gasteiger partial charge in [-0.1, -0.05) is 0 Å². The molecule has 2 heterocycles. The number of amides is 1. The van der Waals surface area contributed by atoms with Gasteiger partial charge in [0.2, 0.25) is 0 Å². The molecule has 0 aromatic rings. The third-order valence-electron chi connectivity index (χ3n) is 2.44. The third kappa shape index (κ3) is 1.25. The number of nitrogens with zero attached hydrogens (tertiary/aromatic N) is 1. The number of hydrogen-bond acceptors (Lipinski definition) is 3. The molecule has 0 aromatic heterocycles. The molecule has 2 aliphatic rings. The molecule has 12 heavy (non-hydrogen) atoms. The summed E-state index contributed by atoms with van der Waals surface area (Å²) in [5.41, 5.74) is 0. The van der Waals surface area contributed by atoms with Crippen LogP contribution in [0.15, 0.2) is 0 Å². The number of aliphatic hydroxyl groups excluding tert-OH is 1. The Morgan fingerprint density at radius 1 is 1.50 bits per heavy atom. The predicted molar refractivity (Wildman–Crippen MR) is 38.8 cm³/mol. The Bertz CT molecular complexity index is 204. The number of epoxide rings is 1. The molecule has 0 spiro atoms. The van der Waals surface area contributed by atoms with E-state index in [1.165, 1.54) is 4.90 Å². The van der Waals surface area contributed by atoms with Gasteiger partial charge in [-0.3, -0.25) is 0 Å². The van der Waals surface area contributed by atoms with Crippen LogP contribution in [0.5, 0.6) is 0 Å². The molecule has 0 aliphatic carbocycles. The van der Waals surface area contributed by atoms with Gasteiger partial charge in [0, 0.05) is 12.5 Å². The van der Waals surface area contributed by atoms with E-state index in [0.29, 0.717) is 13.2 Å². The van der Waals surface area contributed by atoms with Crippen molar-refractivity contribution < 1.29 is 19.7 Å². The van der Waals surface area contributed by atoms with Gasteiger partial charge in [0.15, 0.2) is 0 Å². The minimum atomic E-state index is -0.961. The lowest BCUT2D eigenvalue weighted by molar-refractivity contribution is 0.122. The fourth-order valence-electron chi connectivity index (χ4n) is 1.64. The van der Waals surface area contributed by atoms with Crippen LogP contribution < -0.4 is 0 Å². The normalized spacial score (nSPS) is 40.1. The van der Waals surface area contributed by atoms with Gasteiger partial charge < -0.3 is 19.8 Å². The second-order valence-electron chi connectivity index (χ2n) is 3.29. The Morgan fingerprint density at radius 2 is 2.17 bits per heavy atom. The van der Waals surface area contributed by atoms with Crippen LogP contribution in [0.3, 0.4) is 0 Å². The van der Waals surface area contributed by atoms with E-state index in [9.17, 15) is 9.90 Å². The summed E-state index contributed by atoms with van der Waals surface area (Å²) >= 11 is 0. The molecule has 1 amide bonds. The minimum absolute atomic E-state index is 0.0129. The monoisotopic (exact) mass is 173 g/mol. The maximum atomic E-state index is 10.5. The fraction of sp³-hybridized carbons (Fsp3) is 0.857. The quantitative estimate of drug-likeness (QED) is 0.517. The van der Waals surface area contributed by atoms with Crippen molar-refractivity contribution in [1.82, 2.24) is 4.90 Å². The van der Waals surface area contributed by atoms with E-state index in [2.05, 4.69) is 0 Å². The zero-order valence-electron chi connectivity index (χ0n) is 6.51. The van der Waals surface area contributed by atoms with Crippen LogP contribution in [0, 0.1) is 5.92 Å². The Labute approximate surface area is 69.5 Å². The summed E-state index contributed by atoms with van der Waals surface area (Å²) < 4.78 is 5.01. The Balaban J connectivity index is 1.96. The maximum Gasteiger partial charge on any atom is 0.407 e. The van der Waals surface area contributed by atoms with Gasteiger partial charge in [0.25, 0.3) is 0 Å². The number of ether oxygens (including phenoxy) is 1. The molecule has 5 nitrogen and oxygen atoms in total. The molecule has 0 bridgehead atoms. The highest BCUT2D eigenvalue weighted by Gasteiger charge is 2.44. The Kier molecular flexibility index (Phi) is 1.69. The molecule has 2 rings (SSSR count). The molecular weight excluding hydrogens is 162 g/mol. The minimum Gasteiger partial charge on any atom is -0.465 e. The van der Waals surface area contributed by atoms with Crippen LogP contribution in [0.2, 0.25) is 0 Å². The van der Waals surface area contributed by atoms with Crippen LogP contribution in [-0.2, 0) is 4.74 Å². The van der Waals surface area contributed by atoms with E-state index < -0.39 is 12.2 Å². The smallest absolute Gasteiger partial charge is 0.407 e. The molecule has 0 aromatic carbocycles. The van der Waals surface area contributed by atoms with E-state index in [0.717, 1.165) is 0 Å². The van der Waals surface area contributed by atoms with Crippen LogP contribution in [0.4, 0.5) is 4.79 Å². The highest BCUT2D eigenvalue weighted by atomic mass is 16.6. The largest absolute Gasteiger partial charge is 0.465 e. The Morgan fingerprint density at radius 3 is 2.58 bits per heavy atom. The van der Waals surface area contributed by atoms with Gasteiger partial charge in [-0.2, -0.15) is 0 Å². The molecule has 0 unspecified atom stereocenters. The van der Waals surface area contributed by atoms with Crippen LogP contribution in [-0.4, -0.2) is 53.1 Å². The predicted octanol–water partition coefficient (Wildman–Crippen LogP) is -0.644. The highest BCUT2D eigenvalue weighted by Crippen LogP contribution is 2.29. The third-order valence-corrected chi connectivity index (χ3v) is 2.44. The average molecular weight is 173 g/mol. The molecule has 5 heteroatoms. The van der Waals surface area contributed by atoms with Crippen molar-refractivity contribution in [3.8, 4) is 0 Å². The summed E-state index contributed by atoms with van der Waals surface area (Å²) in [5, 5.41) is 18.1. The van der Waals surface area contributed by atoms with Crippen LogP contribution in [0.1, 0.15) is 0 Å².